The van der Waals surface area contributed by atoms with E-state index in [4.69, 9.17) is 29.2 Å². The van der Waals surface area contributed by atoms with Crippen LogP contribution >= 0.6 is 0 Å². The molecule has 2 atom stereocenters. The molecule has 0 aromatic heterocycles. The van der Waals surface area contributed by atoms with Gasteiger partial charge < -0.3 is 44.9 Å². The van der Waals surface area contributed by atoms with Gasteiger partial charge in [0.2, 0.25) is 11.8 Å². The van der Waals surface area contributed by atoms with Crippen LogP contribution in [0.5, 0.6) is 0 Å². The molecule has 0 aliphatic heterocycles. The van der Waals surface area contributed by atoms with Crippen LogP contribution in [0.1, 0.15) is 155 Å². The summed E-state index contributed by atoms with van der Waals surface area (Å²) in [7, 11) is 0. The summed E-state index contributed by atoms with van der Waals surface area (Å²) in [6.45, 7) is 5.25. The molecule has 0 aromatic rings. The number of ketones is 1. The number of unbranched alkanes of at least 4 members (excludes halogenated alkanes) is 14. The number of carboxylic acid groups (broad SMARTS) is 3. The van der Waals surface area contributed by atoms with Crippen molar-refractivity contribution >= 4 is 35.5 Å². The van der Waals surface area contributed by atoms with Gasteiger partial charge in [0, 0.05) is 45.2 Å². The molecule has 0 saturated carbocycles. The number of hydrogen-bond donors (Lipinski definition) is 5. The van der Waals surface area contributed by atoms with Gasteiger partial charge in [-0.05, 0) is 32.1 Å². The molecule has 0 unspecified atom stereocenters. The van der Waals surface area contributed by atoms with E-state index in [1.54, 1.807) is 6.92 Å². The predicted molar refractivity (Wildman–Crippen MR) is 216 cm³/mol. The number of hydrogen-bond acceptors (Lipinski definition) is 10. The van der Waals surface area contributed by atoms with E-state index < -0.39 is 23.8 Å². The van der Waals surface area contributed by atoms with Gasteiger partial charge in [0.15, 0.2) is 0 Å². The molecule has 0 heterocycles. The van der Waals surface area contributed by atoms with Crippen molar-refractivity contribution in [3.05, 3.63) is 0 Å². The van der Waals surface area contributed by atoms with E-state index in [9.17, 15) is 33.9 Å². The summed E-state index contributed by atoms with van der Waals surface area (Å²) >= 11 is 0. The Balaban J connectivity index is 3.59. The second-order valence-corrected chi connectivity index (χ2v) is 14.8. The average molecular weight is 817 g/mol. The second kappa shape index (κ2) is 39.7. The lowest BCUT2D eigenvalue weighted by Crippen LogP contribution is -2.29. The molecule has 15 nitrogen and oxygen atoms in total. The molecule has 2 amide bonds. The largest absolute Gasteiger partial charge is 0.481 e. The van der Waals surface area contributed by atoms with Gasteiger partial charge >= 0.3 is 17.9 Å². The highest BCUT2D eigenvalue weighted by Crippen LogP contribution is 2.17. The highest BCUT2D eigenvalue weighted by molar-refractivity contribution is 5.84. The van der Waals surface area contributed by atoms with E-state index in [0.29, 0.717) is 59.0 Å². The molecule has 0 radical (unpaired) electrons. The summed E-state index contributed by atoms with van der Waals surface area (Å²) in [5.74, 6) is -4.25. The molecule has 5 N–H and O–H groups in total. The van der Waals surface area contributed by atoms with E-state index in [2.05, 4.69) is 10.6 Å². The average Bonchev–Trinajstić information content (AvgIpc) is 3.17. The maximum atomic E-state index is 12.4. The molecule has 0 rings (SSSR count). The van der Waals surface area contributed by atoms with Crippen LogP contribution in [0, 0.1) is 11.8 Å². The second-order valence-electron chi connectivity index (χ2n) is 14.8. The summed E-state index contributed by atoms with van der Waals surface area (Å²) in [4.78, 5) is 69.4. The van der Waals surface area contributed by atoms with E-state index in [1.807, 2.05) is 0 Å². The Bertz CT molecular complexity index is 1060. The van der Waals surface area contributed by atoms with Crippen LogP contribution in [0.15, 0.2) is 0 Å². The number of carbonyl (C=O) groups excluding carboxylic acids is 3. The van der Waals surface area contributed by atoms with Gasteiger partial charge in [0.1, 0.15) is 5.78 Å². The zero-order chi connectivity index (χ0) is 42.2. The summed E-state index contributed by atoms with van der Waals surface area (Å²) in [6.07, 6.45) is 18.5. The van der Waals surface area contributed by atoms with Crippen molar-refractivity contribution in [1.29, 1.82) is 0 Å². The first kappa shape index (κ1) is 53.9. The van der Waals surface area contributed by atoms with Crippen LogP contribution in [0.3, 0.4) is 0 Å². The lowest BCUT2D eigenvalue weighted by atomic mass is 9.94. The van der Waals surface area contributed by atoms with Gasteiger partial charge in [-0.3, -0.25) is 28.8 Å². The highest BCUT2D eigenvalue weighted by atomic mass is 16.6. The minimum Gasteiger partial charge on any atom is -0.481 e. The van der Waals surface area contributed by atoms with Gasteiger partial charge in [-0.15, -0.1) is 0 Å². The first-order chi connectivity index (χ1) is 27.5. The molecule has 0 fully saturated rings. The fourth-order valence-electron chi connectivity index (χ4n) is 6.01. The molecule has 0 saturated heterocycles. The number of aliphatic carboxylic acids is 3. The number of Topliss-reactive ketones (excluding diaryl/α,β-unsaturated/α-hetero) is 1. The SMILES string of the molecule is C[C@@H](CCCCNC(=O)CCOCCOCCOCCOCCNC(=O)CC[C@H](CC(=O)CCCCCCCCCCCCCCCCC(=O)O)C(=O)O)C(=O)O. The minimum absolute atomic E-state index is 0.0284. The van der Waals surface area contributed by atoms with Gasteiger partial charge in [-0.2, -0.15) is 0 Å². The smallest absolute Gasteiger partial charge is 0.306 e. The first-order valence-electron chi connectivity index (χ1n) is 21.6. The molecule has 0 bridgehead atoms. The third kappa shape index (κ3) is 39.5. The fraction of sp³-hybridized carbons (Fsp3) is 0.857. The molecular weight excluding hydrogens is 740 g/mol. The lowest BCUT2D eigenvalue weighted by molar-refractivity contribution is -0.144. The normalized spacial score (nSPS) is 12.2. The van der Waals surface area contributed by atoms with Crippen molar-refractivity contribution < 1.29 is 63.0 Å². The Labute approximate surface area is 341 Å². The zero-order valence-corrected chi connectivity index (χ0v) is 34.9. The molecule has 332 valence electrons. The molecule has 57 heavy (non-hydrogen) atoms. The molecule has 0 aliphatic carbocycles. The number of amides is 2. The van der Waals surface area contributed by atoms with Crippen LogP contribution in [0.2, 0.25) is 0 Å². The third-order valence-corrected chi connectivity index (χ3v) is 9.61. The van der Waals surface area contributed by atoms with E-state index >= 15 is 0 Å². The van der Waals surface area contributed by atoms with E-state index in [1.165, 1.54) is 44.9 Å². The van der Waals surface area contributed by atoms with Crippen LogP contribution in [-0.2, 0) is 47.7 Å². The number of carbonyl (C=O) groups is 6. The Kier molecular flexibility index (Phi) is 37.5. The summed E-state index contributed by atoms with van der Waals surface area (Å²) in [6, 6.07) is 0. The lowest BCUT2D eigenvalue weighted by Gasteiger charge is -2.12. The van der Waals surface area contributed by atoms with Crippen molar-refractivity contribution in [2.45, 2.75) is 155 Å². The van der Waals surface area contributed by atoms with Crippen molar-refractivity contribution in [2.24, 2.45) is 11.8 Å². The maximum absolute atomic E-state index is 12.4. The zero-order valence-electron chi connectivity index (χ0n) is 34.9. The minimum atomic E-state index is -1.05. The first-order valence-corrected chi connectivity index (χ1v) is 21.6. The van der Waals surface area contributed by atoms with Crippen LogP contribution in [0.4, 0.5) is 0 Å². The topological polar surface area (TPSA) is 224 Å². The van der Waals surface area contributed by atoms with Crippen LogP contribution in [-0.4, -0.2) is 117 Å². The standard InChI is InChI=1S/C42H76N2O13/c1-35(41(50)51)18-16-17-24-43-39(47)23-26-54-28-30-56-32-33-57-31-29-55-27-25-44-38(46)22-21-36(42(52)53)34-37(45)19-14-12-10-8-6-4-2-3-5-7-9-11-13-15-20-40(48)49/h35-36H,2-34H2,1H3,(H,43,47)(H,44,46)(H,48,49)(H,50,51)(H,52,53)/t35-,36+/m0/s1. The van der Waals surface area contributed by atoms with Crippen molar-refractivity contribution in [3.8, 4) is 0 Å². The summed E-state index contributed by atoms with van der Waals surface area (Å²) in [5, 5.41) is 32.6. The van der Waals surface area contributed by atoms with E-state index in [-0.39, 0.29) is 75.4 Å². The van der Waals surface area contributed by atoms with Crippen molar-refractivity contribution in [1.82, 2.24) is 10.6 Å². The Morgan fingerprint density at radius 3 is 1.37 bits per heavy atom. The van der Waals surface area contributed by atoms with Crippen LogP contribution in [0.25, 0.3) is 0 Å². The van der Waals surface area contributed by atoms with Crippen molar-refractivity contribution in [2.75, 3.05) is 65.9 Å². The number of nitrogens with one attached hydrogen (secondary N) is 2. The molecule has 0 aromatic carbocycles. The van der Waals surface area contributed by atoms with Gasteiger partial charge in [-0.1, -0.05) is 90.4 Å². The van der Waals surface area contributed by atoms with Gasteiger partial charge in [0.25, 0.3) is 0 Å². The highest BCUT2D eigenvalue weighted by Gasteiger charge is 2.22. The molecule has 0 aliphatic rings. The van der Waals surface area contributed by atoms with Gasteiger partial charge in [-0.25, -0.2) is 0 Å². The summed E-state index contributed by atoms with van der Waals surface area (Å²) in [5.41, 5.74) is 0. The summed E-state index contributed by atoms with van der Waals surface area (Å²) < 4.78 is 21.7. The Morgan fingerprint density at radius 2 is 0.877 bits per heavy atom. The molecular formula is C42H76N2O13. The quantitative estimate of drug-likeness (QED) is 0.0425. The maximum Gasteiger partial charge on any atom is 0.306 e. The Morgan fingerprint density at radius 1 is 0.439 bits per heavy atom. The van der Waals surface area contributed by atoms with E-state index in [0.717, 1.165) is 57.8 Å². The predicted octanol–water partition coefficient (Wildman–Crippen LogP) is 6.33. The van der Waals surface area contributed by atoms with Gasteiger partial charge in [0.05, 0.1) is 64.7 Å². The monoisotopic (exact) mass is 817 g/mol. The van der Waals surface area contributed by atoms with Crippen LogP contribution < -0.4 is 10.6 Å². The van der Waals surface area contributed by atoms with Crippen molar-refractivity contribution in [3.63, 3.8) is 0 Å². The fourth-order valence-corrected chi connectivity index (χ4v) is 6.01. The number of rotatable bonds is 44. The number of carboxylic acids is 3. The molecule has 0 spiro atoms. The molecule has 15 heteroatoms. The third-order valence-electron chi connectivity index (χ3n) is 9.61. The Hall–Kier alpha value is -3.14. The number of ether oxygens (including phenoxy) is 4.